The Balaban J connectivity index is 2.54. The van der Waals surface area contributed by atoms with Gasteiger partial charge < -0.3 is 0 Å². The van der Waals surface area contributed by atoms with E-state index in [1.807, 2.05) is 12.1 Å². The Kier molecular flexibility index (Phi) is 5.88. The largest absolute Gasteiger partial charge is 0.260 e. The van der Waals surface area contributed by atoms with Crippen molar-refractivity contribution >= 4 is 21.6 Å². The van der Waals surface area contributed by atoms with Crippen molar-refractivity contribution in [2.45, 2.75) is 19.4 Å². The van der Waals surface area contributed by atoms with Gasteiger partial charge in [-0.05, 0) is 25.0 Å². The van der Waals surface area contributed by atoms with Crippen molar-refractivity contribution in [1.82, 2.24) is 9.29 Å². The highest BCUT2D eigenvalue weighted by Gasteiger charge is 2.17. The second kappa shape index (κ2) is 6.93. The molecule has 6 heteroatoms. The molecule has 0 amide bonds. The minimum atomic E-state index is -3.20. The zero-order valence-electron chi connectivity index (χ0n) is 9.84. The number of alkyl halides is 1. The molecule has 0 aliphatic carbocycles. The van der Waals surface area contributed by atoms with Gasteiger partial charge in [-0.2, -0.15) is 4.31 Å². The fraction of sp³-hybridized carbons (Fsp3) is 0.545. The first-order chi connectivity index (χ1) is 8.06. The molecule has 96 valence electrons. The minimum Gasteiger partial charge on any atom is -0.260 e. The molecule has 0 saturated carbocycles. The van der Waals surface area contributed by atoms with Crippen molar-refractivity contribution in [1.29, 1.82) is 0 Å². The Morgan fingerprint density at radius 1 is 1.35 bits per heavy atom. The van der Waals surface area contributed by atoms with Gasteiger partial charge in [0.1, 0.15) is 0 Å². The average Bonchev–Trinajstić information content (AvgIpc) is 2.30. The fourth-order valence-electron chi connectivity index (χ4n) is 1.35. The number of hydrogen-bond acceptors (Lipinski definition) is 3. The van der Waals surface area contributed by atoms with Crippen LogP contribution in [0.1, 0.15) is 18.5 Å². The number of pyridine rings is 1. The Morgan fingerprint density at radius 3 is 2.71 bits per heavy atom. The summed E-state index contributed by atoms with van der Waals surface area (Å²) in [5.74, 6) is 0.641. The molecule has 0 aromatic carbocycles. The second-order valence-corrected chi connectivity index (χ2v) is 6.36. The van der Waals surface area contributed by atoms with E-state index < -0.39 is 10.0 Å². The molecule has 0 spiro atoms. The predicted octanol–water partition coefficient (Wildman–Crippen LogP) is 1.86. The molecule has 0 radical (unpaired) electrons. The lowest BCUT2D eigenvalue weighted by Crippen LogP contribution is -2.29. The highest BCUT2D eigenvalue weighted by molar-refractivity contribution is 7.89. The van der Waals surface area contributed by atoms with Gasteiger partial charge in [0.25, 0.3) is 0 Å². The molecule has 0 bridgehead atoms. The topological polar surface area (TPSA) is 50.3 Å². The second-order valence-electron chi connectivity index (χ2n) is 3.79. The lowest BCUT2D eigenvalue weighted by molar-refractivity contribution is 0.460. The first-order valence-electron chi connectivity index (χ1n) is 5.46. The van der Waals surface area contributed by atoms with Crippen molar-refractivity contribution in [3.05, 3.63) is 30.1 Å². The molecule has 1 aromatic heterocycles. The van der Waals surface area contributed by atoms with E-state index in [2.05, 4.69) is 4.98 Å². The van der Waals surface area contributed by atoms with E-state index in [9.17, 15) is 8.42 Å². The summed E-state index contributed by atoms with van der Waals surface area (Å²) in [6.45, 7) is 0.310. The van der Waals surface area contributed by atoms with E-state index in [0.29, 0.717) is 18.8 Å². The Bertz CT molecular complexity index is 422. The number of unbranched alkanes of at least 4 members (excludes halogenated alkanes) is 1. The van der Waals surface area contributed by atoms with Gasteiger partial charge in [0.05, 0.1) is 18.0 Å². The van der Waals surface area contributed by atoms with E-state index in [1.54, 1.807) is 19.3 Å². The van der Waals surface area contributed by atoms with Crippen LogP contribution in [0.25, 0.3) is 0 Å². The van der Waals surface area contributed by atoms with Crippen LogP contribution in [0.15, 0.2) is 24.4 Å². The molecule has 0 N–H and O–H groups in total. The predicted molar refractivity (Wildman–Crippen MR) is 69.4 cm³/mol. The summed E-state index contributed by atoms with van der Waals surface area (Å²) in [5.41, 5.74) is 0.746. The zero-order valence-corrected chi connectivity index (χ0v) is 11.4. The van der Waals surface area contributed by atoms with Gasteiger partial charge in [0, 0.05) is 19.1 Å². The molecular weight excluding hydrogens is 260 g/mol. The summed E-state index contributed by atoms with van der Waals surface area (Å²) >= 11 is 5.52. The number of nitrogens with zero attached hydrogens (tertiary/aromatic N) is 2. The van der Waals surface area contributed by atoms with Gasteiger partial charge in [-0.25, -0.2) is 8.42 Å². The van der Waals surface area contributed by atoms with Crippen molar-refractivity contribution in [3.8, 4) is 0 Å². The lowest BCUT2D eigenvalue weighted by atomic mass is 10.3. The molecular formula is C11H17ClN2O2S. The Hall–Kier alpha value is -0.650. The summed E-state index contributed by atoms with van der Waals surface area (Å²) in [7, 11) is -1.62. The van der Waals surface area contributed by atoms with Crippen LogP contribution >= 0.6 is 11.6 Å². The monoisotopic (exact) mass is 276 g/mol. The van der Waals surface area contributed by atoms with Crippen molar-refractivity contribution in [3.63, 3.8) is 0 Å². The molecule has 0 unspecified atom stereocenters. The molecule has 0 atom stereocenters. The third-order valence-electron chi connectivity index (χ3n) is 2.37. The van der Waals surface area contributed by atoms with Crippen LogP contribution in [0.3, 0.4) is 0 Å². The van der Waals surface area contributed by atoms with Gasteiger partial charge in [-0.1, -0.05) is 6.07 Å². The number of halogens is 1. The summed E-state index contributed by atoms with van der Waals surface area (Å²) in [5, 5.41) is 0. The van der Waals surface area contributed by atoms with Gasteiger partial charge in [0.15, 0.2) is 0 Å². The third kappa shape index (κ3) is 5.02. The van der Waals surface area contributed by atoms with Crippen LogP contribution in [-0.2, 0) is 16.6 Å². The maximum atomic E-state index is 11.9. The first-order valence-corrected chi connectivity index (χ1v) is 7.60. The van der Waals surface area contributed by atoms with Gasteiger partial charge in [-0.15, -0.1) is 11.6 Å². The molecule has 17 heavy (non-hydrogen) atoms. The van der Waals surface area contributed by atoms with E-state index in [-0.39, 0.29) is 5.75 Å². The van der Waals surface area contributed by atoms with Gasteiger partial charge in [-0.3, -0.25) is 4.98 Å². The molecule has 4 nitrogen and oxygen atoms in total. The molecule has 1 heterocycles. The smallest absolute Gasteiger partial charge is 0.214 e. The minimum absolute atomic E-state index is 0.142. The number of aromatic nitrogens is 1. The number of hydrogen-bond donors (Lipinski definition) is 0. The summed E-state index contributed by atoms with van der Waals surface area (Å²) in [4.78, 5) is 4.10. The van der Waals surface area contributed by atoms with Crippen molar-refractivity contribution in [2.75, 3.05) is 18.7 Å². The van der Waals surface area contributed by atoms with Crippen LogP contribution in [0.2, 0.25) is 0 Å². The van der Waals surface area contributed by atoms with Gasteiger partial charge in [0.2, 0.25) is 10.0 Å². The average molecular weight is 277 g/mol. The highest BCUT2D eigenvalue weighted by Crippen LogP contribution is 2.07. The lowest BCUT2D eigenvalue weighted by Gasteiger charge is -2.16. The quantitative estimate of drug-likeness (QED) is 0.564. The normalized spacial score (nSPS) is 11.9. The molecule has 1 aromatic rings. The first kappa shape index (κ1) is 14.4. The molecule has 1 rings (SSSR count). The maximum absolute atomic E-state index is 11.9. The molecule has 0 saturated heterocycles. The SMILES string of the molecule is CN(Cc1ccccn1)S(=O)(=O)CCCCCl. The van der Waals surface area contributed by atoms with Crippen LogP contribution < -0.4 is 0 Å². The maximum Gasteiger partial charge on any atom is 0.214 e. The standard InChI is InChI=1S/C11H17ClN2O2S/c1-14(10-11-6-2-4-8-13-11)17(15,16)9-5-3-7-12/h2,4,6,8H,3,5,7,9-10H2,1H3. The van der Waals surface area contributed by atoms with Crippen LogP contribution in [0.4, 0.5) is 0 Å². The van der Waals surface area contributed by atoms with Gasteiger partial charge >= 0.3 is 0 Å². The summed E-state index contributed by atoms with van der Waals surface area (Å²) in [6.07, 6.45) is 2.97. The molecule has 0 aliphatic rings. The van der Waals surface area contributed by atoms with Crippen LogP contribution in [0.5, 0.6) is 0 Å². The zero-order chi connectivity index (χ0) is 12.7. The van der Waals surface area contributed by atoms with E-state index in [1.165, 1.54) is 4.31 Å². The van der Waals surface area contributed by atoms with E-state index in [4.69, 9.17) is 11.6 Å². The highest BCUT2D eigenvalue weighted by atomic mass is 35.5. The van der Waals surface area contributed by atoms with Crippen LogP contribution in [-0.4, -0.2) is 36.4 Å². The number of rotatable bonds is 7. The third-order valence-corrected chi connectivity index (χ3v) is 4.52. The molecule has 0 aliphatic heterocycles. The summed E-state index contributed by atoms with van der Waals surface area (Å²) < 4.78 is 25.1. The summed E-state index contributed by atoms with van der Waals surface area (Å²) in [6, 6.07) is 5.46. The van der Waals surface area contributed by atoms with Crippen molar-refractivity contribution < 1.29 is 8.42 Å². The Labute approximate surface area is 108 Å². The number of sulfonamides is 1. The Morgan fingerprint density at radius 2 is 2.12 bits per heavy atom. The van der Waals surface area contributed by atoms with Crippen molar-refractivity contribution in [2.24, 2.45) is 0 Å². The van der Waals surface area contributed by atoms with E-state index in [0.717, 1.165) is 12.1 Å². The van der Waals surface area contributed by atoms with E-state index >= 15 is 0 Å². The van der Waals surface area contributed by atoms with Crippen LogP contribution in [0, 0.1) is 0 Å². The fourth-order valence-corrected chi connectivity index (χ4v) is 2.75. The molecule has 0 fully saturated rings.